The van der Waals surface area contributed by atoms with Crippen LogP contribution in [0.1, 0.15) is 36.9 Å². The van der Waals surface area contributed by atoms with E-state index in [9.17, 15) is 9.18 Å². The van der Waals surface area contributed by atoms with Gasteiger partial charge in [-0.25, -0.2) is 4.39 Å². The maximum absolute atomic E-state index is 13.2. The summed E-state index contributed by atoms with van der Waals surface area (Å²) in [6.45, 7) is 6.54. The number of benzene rings is 1. The van der Waals surface area contributed by atoms with E-state index in [1.165, 1.54) is 23.5 Å². The minimum Gasteiger partial charge on any atom is -0.345 e. The maximum Gasteiger partial charge on any atom is 0.261 e. The van der Waals surface area contributed by atoms with E-state index in [-0.39, 0.29) is 11.7 Å². The zero-order valence-corrected chi connectivity index (χ0v) is 13.4. The number of fused-ring (bicyclic) bond motifs is 1. The molecule has 1 heterocycles. The minimum absolute atomic E-state index is 0.148. The lowest BCUT2D eigenvalue weighted by molar-refractivity contribution is 0.0902. The number of carbonyl (C=O) groups is 1. The fraction of sp³-hybridized carbons (Fsp3) is 0.438. The molecular formula is C16H21FN2OS. The molecule has 2 aromatic rings. The first-order valence-corrected chi connectivity index (χ1v) is 7.86. The highest BCUT2D eigenvalue weighted by Gasteiger charge is 2.27. The summed E-state index contributed by atoms with van der Waals surface area (Å²) in [4.78, 5) is 13.0. The first-order valence-electron chi connectivity index (χ1n) is 7.05. The van der Waals surface area contributed by atoms with Gasteiger partial charge >= 0.3 is 0 Å². The van der Waals surface area contributed by atoms with Crippen molar-refractivity contribution in [2.45, 2.75) is 32.7 Å². The van der Waals surface area contributed by atoms with Crippen LogP contribution in [0.5, 0.6) is 0 Å². The molecular weight excluding hydrogens is 287 g/mol. The average Bonchev–Trinajstić information content (AvgIpc) is 2.80. The number of nitrogens with one attached hydrogen (secondary N) is 1. The Hall–Kier alpha value is -1.46. The van der Waals surface area contributed by atoms with Gasteiger partial charge in [0, 0.05) is 11.2 Å². The molecule has 1 amide bonds. The van der Waals surface area contributed by atoms with Crippen LogP contribution < -0.4 is 11.1 Å². The van der Waals surface area contributed by atoms with Crippen LogP contribution in [0.25, 0.3) is 10.1 Å². The summed E-state index contributed by atoms with van der Waals surface area (Å²) in [6, 6.07) is 6.27. The third-order valence-electron chi connectivity index (χ3n) is 3.43. The molecule has 0 aliphatic carbocycles. The summed E-state index contributed by atoms with van der Waals surface area (Å²) in [5, 5.41) is 3.77. The zero-order chi connectivity index (χ0) is 15.6. The largest absolute Gasteiger partial charge is 0.345 e. The molecule has 5 heteroatoms. The van der Waals surface area contributed by atoms with Gasteiger partial charge in [-0.1, -0.05) is 13.8 Å². The number of amides is 1. The van der Waals surface area contributed by atoms with Crippen molar-refractivity contribution in [3.8, 4) is 0 Å². The normalized spacial score (nSPS) is 14.4. The van der Waals surface area contributed by atoms with Crippen LogP contribution >= 0.6 is 11.3 Å². The van der Waals surface area contributed by atoms with Crippen molar-refractivity contribution in [2.75, 3.05) is 6.54 Å². The SMILES string of the molecule is CC(C)CC(C)(CN)NC(=O)c1cc2cc(F)ccc2s1. The molecule has 1 aromatic heterocycles. The predicted molar refractivity (Wildman–Crippen MR) is 86.2 cm³/mol. The molecule has 3 nitrogen and oxygen atoms in total. The Morgan fingerprint density at radius 3 is 2.76 bits per heavy atom. The van der Waals surface area contributed by atoms with Gasteiger partial charge in [0.25, 0.3) is 5.91 Å². The summed E-state index contributed by atoms with van der Waals surface area (Å²) in [7, 11) is 0. The highest BCUT2D eigenvalue weighted by Crippen LogP contribution is 2.27. The lowest BCUT2D eigenvalue weighted by atomic mass is 9.90. The van der Waals surface area contributed by atoms with E-state index in [1.807, 2.05) is 6.92 Å². The molecule has 3 N–H and O–H groups in total. The van der Waals surface area contributed by atoms with Gasteiger partial charge in [-0.15, -0.1) is 11.3 Å². The van der Waals surface area contributed by atoms with Gasteiger partial charge in [0.2, 0.25) is 0 Å². The van der Waals surface area contributed by atoms with Crippen molar-refractivity contribution < 1.29 is 9.18 Å². The second-order valence-electron chi connectivity index (χ2n) is 6.11. The highest BCUT2D eigenvalue weighted by atomic mass is 32.1. The third-order valence-corrected chi connectivity index (χ3v) is 4.54. The molecule has 1 atom stereocenters. The molecule has 0 radical (unpaired) electrons. The molecule has 0 fully saturated rings. The number of nitrogens with two attached hydrogens (primary N) is 1. The lowest BCUT2D eigenvalue weighted by Gasteiger charge is -2.31. The van der Waals surface area contributed by atoms with Crippen molar-refractivity contribution in [1.29, 1.82) is 0 Å². The number of hydrogen-bond donors (Lipinski definition) is 2. The molecule has 0 saturated heterocycles. The van der Waals surface area contributed by atoms with Crippen LogP contribution in [0.15, 0.2) is 24.3 Å². The standard InChI is InChI=1S/C16H21FN2OS/c1-10(2)8-16(3,9-18)19-15(20)14-7-11-6-12(17)4-5-13(11)21-14/h4-7,10H,8-9,18H2,1-3H3,(H,19,20). The van der Waals surface area contributed by atoms with Crippen molar-refractivity contribution >= 4 is 27.3 Å². The van der Waals surface area contributed by atoms with Crippen molar-refractivity contribution in [3.63, 3.8) is 0 Å². The predicted octanol–water partition coefficient (Wildman–Crippen LogP) is 3.53. The van der Waals surface area contributed by atoms with Crippen LogP contribution in [-0.2, 0) is 0 Å². The number of thiophene rings is 1. The first kappa shape index (κ1) is 15.9. The van der Waals surface area contributed by atoms with E-state index in [0.717, 1.165) is 16.5 Å². The Balaban J connectivity index is 2.21. The van der Waals surface area contributed by atoms with E-state index in [4.69, 9.17) is 5.73 Å². The first-order chi connectivity index (χ1) is 9.83. The summed E-state index contributed by atoms with van der Waals surface area (Å²) < 4.78 is 14.1. The molecule has 114 valence electrons. The van der Waals surface area contributed by atoms with Crippen molar-refractivity contribution in [3.05, 3.63) is 35.0 Å². The number of hydrogen-bond acceptors (Lipinski definition) is 3. The Morgan fingerprint density at radius 2 is 2.14 bits per heavy atom. The maximum atomic E-state index is 13.2. The fourth-order valence-electron chi connectivity index (χ4n) is 2.55. The monoisotopic (exact) mass is 308 g/mol. The molecule has 0 aliphatic rings. The minimum atomic E-state index is -0.424. The third kappa shape index (κ3) is 3.80. The molecule has 0 spiro atoms. The van der Waals surface area contributed by atoms with Crippen LogP contribution in [0.2, 0.25) is 0 Å². The van der Waals surface area contributed by atoms with Crippen molar-refractivity contribution in [2.24, 2.45) is 11.7 Å². The van der Waals surface area contributed by atoms with E-state index < -0.39 is 5.54 Å². The van der Waals surface area contributed by atoms with Gasteiger partial charge in [-0.3, -0.25) is 4.79 Å². The van der Waals surface area contributed by atoms with Crippen LogP contribution in [0.3, 0.4) is 0 Å². The van der Waals surface area contributed by atoms with Crippen LogP contribution in [0, 0.1) is 11.7 Å². The van der Waals surface area contributed by atoms with E-state index in [2.05, 4.69) is 19.2 Å². The van der Waals surface area contributed by atoms with Gasteiger partial charge in [0.15, 0.2) is 0 Å². The van der Waals surface area contributed by atoms with Gasteiger partial charge in [0.1, 0.15) is 5.82 Å². The topological polar surface area (TPSA) is 55.1 Å². The van der Waals surface area contributed by atoms with Gasteiger partial charge < -0.3 is 11.1 Å². The molecule has 21 heavy (non-hydrogen) atoms. The molecule has 2 rings (SSSR count). The van der Waals surface area contributed by atoms with E-state index in [0.29, 0.717) is 17.3 Å². The van der Waals surface area contributed by atoms with E-state index >= 15 is 0 Å². The number of rotatable bonds is 5. The summed E-state index contributed by atoms with van der Waals surface area (Å²) >= 11 is 1.36. The van der Waals surface area contributed by atoms with Gasteiger partial charge in [-0.05, 0) is 48.9 Å². The molecule has 0 bridgehead atoms. The van der Waals surface area contributed by atoms with Gasteiger partial charge in [-0.2, -0.15) is 0 Å². The molecule has 0 saturated carbocycles. The Bertz CT molecular complexity index is 653. The smallest absolute Gasteiger partial charge is 0.261 e. The average molecular weight is 308 g/mol. The summed E-state index contributed by atoms with van der Waals surface area (Å²) in [6.07, 6.45) is 0.814. The molecule has 1 aromatic carbocycles. The lowest BCUT2D eigenvalue weighted by Crippen LogP contribution is -2.52. The van der Waals surface area contributed by atoms with E-state index in [1.54, 1.807) is 12.1 Å². The molecule has 0 aliphatic heterocycles. The van der Waals surface area contributed by atoms with Gasteiger partial charge in [0.05, 0.1) is 10.4 Å². The number of halogens is 1. The Kier molecular flexibility index (Phi) is 4.64. The fourth-order valence-corrected chi connectivity index (χ4v) is 3.49. The Morgan fingerprint density at radius 1 is 1.43 bits per heavy atom. The second-order valence-corrected chi connectivity index (χ2v) is 7.19. The van der Waals surface area contributed by atoms with Crippen LogP contribution in [-0.4, -0.2) is 18.0 Å². The summed E-state index contributed by atoms with van der Waals surface area (Å²) in [5.74, 6) is -0.000533. The summed E-state index contributed by atoms with van der Waals surface area (Å²) in [5.41, 5.74) is 5.39. The Labute approximate surface area is 128 Å². The zero-order valence-electron chi connectivity index (χ0n) is 12.6. The van der Waals surface area contributed by atoms with Crippen molar-refractivity contribution in [1.82, 2.24) is 5.32 Å². The number of carbonyl (C=O) groups excluding carboxylic acids is 1. The highest BCUT2D eigenvalue weighted by molar-refractivity contribution is 7.20. The van der Waals surface area contributed by atoms with Crippen LogP contribution in [0.4, 0.5) is 4.39 Å². The molecule has 1 unspecified atom stereocenters. The second kappa shape index (κ2) is 6.12. The quantitative estimate of drug-likeness (QED) is 0.887.